The van der Waals surface area contributed by atoms with E-state index in [1.165, 1.54) is 0 Å². The van der Waals surface area contributed by atoms with Gasteiger partial charge in [-0.05, 0) is 44.2 Å². The molecule has 5 rings (SSSR count). The zero-order chi connectivity index (χ0) is 16.1. The maximum Gasteiger partial charge on any atom is 0.208 e. The van der Waals surface area contributed by atoms with Crippen LogP contribution < -0.4 is 0 Å². The van der Waals surface area contributed by atoms with Crippen LogP contribution >= 0.6 is 0 Å². The van der Waals surface area contributed by atoms with Gasteiger partial charge in [0.25, 0.3) is 0 Å². The Hall–Kier alpha value is -0.950. The van der Waals surface area contributed by atoms with Gasteiger partial charge in [0.1, 0.15) is 5.60 Å². The fourth-order valence-electron chi connectivity index (χ4n) is 4.20. The lowest BCUT2D eigenvalue weighted by Crippen LogP contribution is -2.61. The van der Waals surface area contributed by atoms with Gasteiger partial charge < -0.3 is 4.74 Å². The van der Waals surface area contributed by atoms with Crippen LogP contribution in [0.25, 0.3) is 0 Å². The van der Waals surface area contributed by atoms with Crippen LogP contribution in [0.5, 0.6) is 0 Å². The van der Waals surface area contributed by atoms with E-state index in [1.807, 2.05) is 6.07 Å². The van der Waals surface area contributed by atoms with Crippen molar-refractivity contribution in [1.82, 2.24) is 0 Å². The molecule has 1 spiro atoms. The zero-order valence-electron chi connectivity index (χ0n) is 13.2. The van der Waals surface area contributed by atoms with Gasteiger partial charge in [-0.3, -0.25) is 0 Å². The second kappa shape index (κ2) is 5.28. The molecule has 3 saturated heterocycles. The summed E-state index contributed by atoms with van der Waals surface area (Å²) in [6.45, 7) is 1.77. The fraction of sp³-hybridized carbons (Fsp3) is 0.647. The van der Waals surface area contributed by atoms with Gasteiger partial charge in [0.2, 0.25) is 9.84 Å². The molecule has 0 amide bonds. The Morgan fingerprint density at radius 3 is 2.61 bits per heavy atom. The van der Waals surface area contributed by atoms with E-state index in [-0.39, 0.29) is 10.8 Å². The molecule has 1 aliphatic carbocycles. The number of hydrogen-bond acceptors (Lipinski definition) is 5. The third kappa shape index (κ3) is 2.35. The molecule has 1 aromatic rings. The largest absolute Gasteiger partial charge is 0.324 e. The molecule has 4 fully saturated rings. The van der Waals surface area contributed by atoms with Crippen molar-refractivity contribution in [2.24, 2.45) is 5.92 Å². The van der Waals surface area contributed by atoms with Crippen molar-refractivity contribution in [2.75, 3.05) is 0 Å². The molecule has 4 aliphatic rings. The van der Waals surface area contributed by atoms with Crippen LogP contribution in [-0.4, -0.2) is 25.2 Å². The van der Waals surface area contributed by atoms with Gasteiger partial charge in [-0.1, -0.05) is 31.0 Å². The van der Waals surface area contributed by atoms with Crippen molar-refractivity contribution in [1.29, 1.82) is 0 Å². The van der Waals surface area contributed by atoms with E-state index in [1.54, 1.807) is 31.2 Å². The molecule has 4 atom stereocenters. The molecule has 0 aromatic heterocycles. The Morgan fingerprint density at radius 2 is 1.83 bits per heavy atom. The standard InChI is InChI=1S/C17H22O5S/c1-16-12-10-13-7-5-6-11-17(13,22-21-16)15(20-16)23(18,19)14-8-3-2-4-9-14/h2-4,8-9,13,15H,5-7,10-12H2,1H3/t13-,15-,16-,17+/m1/s1. The maximum absolute atomic E-state index is 13.3. The minimum Gasteiger partial charge on any atom is -0.324 e. The van der Waals surface area contributed by atoms with E-state index in [4.69, 9.17) is 14.5 Å². The van der Waals surface area contributed by atoms with Crippen LogP contribution in [0, 0.1) is 5.92 Å². The molecule has 2 bridgehead atoms. The summed E-state index contributed by atoms with van der Waals surface area (Å²) >= 11 is 0. The van der Waals surface area contributed by atoms with Crippen molar-refractivity contribution >= 4 is 9.84 Å². The maximum atomic E-state index is 13.3. The molecular formula is C17H22O5S. The van der Waals surface area contributed by atoms with Gasteiger partial charge in [0.05, 0.1) is 4.90 Å². The Balaban J connectivity index is 1.83. The molecule has 126 valence electrons. The highest BCUT2D eigenvalue weighted by molar-refractivity contribution is 7.92. The van der Waals surface area contributed by atoms with E-state index in [0.717, 1.165) is 25.7 Å². The Labute approximate surface area is 136 Å². The number of hydrogen-bond donors (Lipinski definition) is 0. The van der Waals surface area contributed by atoms with Crippen molar-refractivity contribution in [3.05, 3.63) is 30.3 Å². The zero-order valence-corrected chi connectivity index (χ0v) is 14.1. The lowest BCUT2D eigenvalue weighted by atomic mass is 9.74. The quantitative estimate of drug-likeness (QED) is 0.775. The normalized spacial score (nSPS) is 40.4. The van der Waals surface area contributed by atoms with Crippen LogP contribution in [-0.2, 0) is 24.3 Å². The predicted octanol–water partition coefficient (Wildman–Crippen LogP) is 3.20. The molecular weight excluding hydrogens is 316 g/mol. The molecule has 0 unspecified atom stereocenters. The van der Waals surface area contributed by atoms with Gasteiger partial charge in [-0.2, -0.15) is 0 Å². The first kappa shape index (κ1) is 15.6. The highest BCUT2D eigenvalue weighted by atomic mass is 32.2. The summed E-state index contributed by atoms with van der Waals surface area (Å²) in [4.78, 5) is 11.6. The van der Waals surface area contributed by atoms with Gasteiger partial charge in [-0.15, -0.1) is 0 Å². The first-order chi connectivity index (χ1) is 11.0. The highest BCUT2D eigenvalue weighted by Crippen LogP contribution is 2.53. The lowest BCUT2D eigenvalue weighted by Gasteiger charge is -2.49. The van der Waals surface area contributed by atoms with E-state index in [0.29, 0.717) is 12.8 Å². The summed E-state index contributed by atoms with van der Waals surface area (Å²) in [6, 6.07) is 8.51. The van der Waals surface area contributed by atoms with Gasteiger partial charge in [-0.25, -0.2) is 18.2 Å². The van der Waals surface area contributed by atoms with Crippen molar-refractivity contribution in [3.8, 4) is 0 Å². The van der Waals surface area contributed by atoms with E-state index < -0.39 is 26.7 Å². The monoisotopic (exact) mass is 338 g/mol. The number of fused-ring (bicyclic) bond motifs is 3. The van der Waals surface area contributed by atoms with Crippen molar-refractivity contribution < 1.29 is 22.9 Å². The topological polar surface area (TPSA) is 61.8 Å². The summed E-state index contributed by atoms with van der Waals surface area (Å²) in [7, 11) is -3.66. The fourth-order valence-corrected chi connectivity index (χ4v) is 6.19. The van der Waals surface area contributed by atoms with Crippen molar-refractivity contribution in [2.45, 2.75) is 67.2 Å². The van der Waals surface area contributed by atoms with Crippen LogP contribution in [0.4, 0.5) is 0 Å². The molecule has 3 heterocycles. The molecule has 5 nitrogen and oxygen atoms in total. The second-order valence-electron chi connectivity index (χ2n) is 7.04. The summed E-state index contributed by atoms with van der Waals surface area (Å²) < 4.78 is 32.6. The van der Waals surface area contributed by atoms with Crippen LogP contribution in [0.2, 0.25) is 0 Å². The first-order valence-corrected chi connectivity index (χ1v) is 9.85. The molecule has 23 heavy (non-hydrogen) atoms. The van der Waals surface area contributed by atoms with E-state index in [9.17, 15) is 8.42 Å². The summed E-state index contributed by atoms with van der Waals surface area (Å²) in [5.74, 6) is -0.834. The number of sulfone groups is 1. The third-order valence-electron chi connectivity index (χ3n) is 5.49. The minimum atomic E-state index is -3.66. The van der Waals surface area contributed by atoms with Crippen LogP contribution in [0.1, 0.15) is 45.4 Å². The number of rotatable bonds is 2. The average Bonchev–Trinajstić information content (AvgIpc) is 2.80. The number of ether oxygens (including phenoxy) is 1. The summed E-state index contributed by atoms with van der Waals surface area (Å²) in [6.07, 6.45) is 5.18. The molecule has 6 heteroatoms. The highest BCUT2D eigenvalue weighted by Gasteiger charge is 2.63. The first-order valence-electron chi connectivity index (χ1n) is 8.30. The molecule has 0 N–H and O–H groups in total. The Bertz CT molecular complexity index is 684. The Morgan fingerprint density at radius 1 is 1.04 bits per heavy atom. The summed E-state index contributed by atoms with van der Waals surface area (Å²) in [5.41, 5.74) is -1.90. The Kier molecular flexibility index (Phi) is 3.57. The number of benzene rings is 1. The van der Waals surface area contributed by atoms with Crippen LogP contribution in [0.3, 0.4) is 0 Å². The minimum absolute atomic E-state index is 0.157. The molecule has 0 radical (unpaired) electrons. The molecule has 1 saturated carbocycles. The third-order valence-corrected chi connectivity index (χ3v) is 7.48. The molecule has 1 aromatic carbocycles. The lowest BCUT2D eigenvalue weighted by molar-refractivity contribution is -0.514. The second-order valence-corrected chi connectivity index (χ2v) is 9.03. The van der Waals surface area contributed by atoms with Crippen LogP contribution in [0.15, 0.2) is 35.2 Å². The van der Waals surface area contributed by atoms with E-state index in [2.05, 4.69) is 0 Å². The summed E-state index contributed by atoms with van der Waals surface area (Å²) in [5, 5.41) is 0. The van der Waals surface area contributed by atoms with Gasteiger partial charge in [0.15, 0.2) is 11.2 Å². The molecule has 3 aliphatic heterocycles. The van der Waals surface area contributed by atoms with Gasteiger partial charge >= 0.3 is 0 Å². The van der Waals surface area contributed by atoms with Crippen molar-refractivity contribution in [3.63, 3.8) is 0 Å². The SMILES string of the molecule is C[C@]12CC[C@H]3CCCC[C@@]3(OO1)[C@@H](S(=O)(=O)c1ccccc1)O2. The predicted molar refractivity (Wildman–Crippen MR) is 83.0 cm³/mol. The smallest absolute Gasteiger partial charge is 0.208 e. The van der Waals surface area contributed by atoms with E-state index >= 15 is 0 Å². The average molecular weight is 338 g/mol. The van der Waals surface area contributed by atoms with Gasteiger partial charge in [0, 0.05) is 6.42 Å².